The van der Waals surface area contributed by atoms with E-state index in [1.807, 2.05) is 17.5 Å². The first-order chi connectivity index (χ1) is 12.2. The van der Waals surface area contributed by atoms with Crippen LogP contribution in [0.15, 0.2) is 46.9 Å². The molecule has 0 amide bonds. The van der Waals surface area contributed by atoms with Gasteiger partial charge in [0.25, 0.3) is 0 Å². The van der Waals surface area contributed by atoms with Crippen molar-refractivity contribution in [1.82, 2.24) is 4.98 Å². The van der Waals surface area contributed by atoms with Crippen LogP contribution in [0.5, 0.6) is 0 Å². The molecular weight excluding hydrogens is 326 g/mol. The number of nitrogens with two attached hydrogens (primary N) is 1. The summed E-state index contributed by atoms with van der Waals surface area (Å²) in [7, 11) is 0. The van der Waals surface area contributed by atoms with E-state index < -0.39 is 0 Å². The zero-order chi connectivity index (χ0) is 17.2. The van der Waals surface area contributed by atoms with E-state index in [9.17, 15) is 0 Å². The summed E-state index contributed by atoms with van der Waals surface area (Å²) in [5, 5.41) is 3.36. The molecule has 1 saturated carbocycles. The Kier molecular flexibility index (Phi) is 4.62. The molecule has 3 nitrogen and oxygen atoms in total. The molecule has 1 aliphatic rings. The summed E-state index contributed by atoms with van der Waals surface area (Å²) in [5.74, 6) is 2.21. The van der Waals surface area contributed by atoms with Crippen LogP contribution in [0.3, 0.4) is 0 Å². The SMILES string of the molecule is CCC1CCC(c2c[nH]c3cc(N=C(N)c4cccs4)ccc23)CC1. The zero-order valence-electron chi connectivity index (χ0n) is 14.7. The summed E-state index contributed by atoms with van der Waals surface area (Å²) in [6.07, 6.45) is 8.90. The Morgan fingerprint density at radius 1 is 1.24 bits per heavy atom. The Labute approximate surface area is 153 Å². The molecule has 0 unspecified atom stereocenters. The number of H-pyrrole nitrogens is 1. The first kappa shape index (κ1) is 16.4. The van der Waals surface area contributed by atoms with Gasteiger partial charge in [-0.15, -0.1) is 11.3 Å². The molecule has 1 aliphatic carbocycles. The lowest BCUT2D eigenvalue weighted by Crippen LogP contribution is -2.12. The van der Waals surface area contributed by atoms with E-state index in [-0.39, 0.29) is 0 Å². The van der Waals surface area contributed by atoms with Crippen LogP contribution in [-0.4, -0.2) is 10.8 Å². The molecule has 0 radical (unpaired) electrons. The number of aromatic nitrogens is 1. The minimum absolute atomic E-state index is 0.582. The van der Waals surface area contributed by atoms with Crippen LogP contribution in [0.1, 0.15) is 55.4 Å². The van der Waals surface area contributed by atoms with Crippen molar-refractivity contribution in [2.75, 3.05) is 0 Å². The Morgan fingerprint density at radius 3 is 2.80 bits per heavy atom. The van der Waals surface area contributed by atoms with Crippen LogP contribution in [0, 0.1) is 5.92 Å². The van der Waals surface area contributed by atoms with Gasteiger partial charge in [-0.3, -0.25) is 0 Å². The molecule has 0 aliphatic heterocycles. The molecule has 1 fully saturated rings. The van der Waals surface area contributed by atoms with Crippen molar-refractivity contribution < 1.29 is 0 Å². The molecule has 130 valence electrons. The van der Waals surface area contributed by atoms with E-state index in [0.717, 1.165) is 22.0 Å². The third-order valence-corrected chi connectivity index (χ3v) is 6.48. The summed E-state index contributed by atoms with van der Waals surface area (Å²) < 4.78 is 0. The Morgan fingerprint density at radius 2 is 2.08 bits per heavy atom. The fourth-order valence-electron chi connectivity index (χ4n) is 4.04. The fourth-order valence-corrected chi connectivity index (χ4v) is 4.67. The van der Waals surface area contributed by atoms with Crippen LogP contribution >= 0.6 is 11.3 Å². The highest BCUT2D eigenvalue weighted by Crippen LogP contribution is 2.40. The lowest BCUT2D eigenvalue weighted by Gasteiger charge is -2.27. The van der Waals surface area contributed by atoms with E-state index in [2.05, 4.69) is 41.3 Å². The molecule has 0 saturated heterocycles. The molecule has 25 heavy (non-hydrogen) atoms. The number of amidine groups is 1. The second kappa shape index (κ2) is 7.04. The average molecular weight is 352 g/mol. The molecule has 1 aromatic carbocycles. The van der Waals surface area contributed by atoms with E-state index in [1.165, 1.54) is 43.1 Å². The molecular formula is C21H25N3S. The van der Waals surface area contributed by atoms with Crippen LogP contribution < -0.4 is 5.73 Å². The van der Waals surface area contributed by atoms with Gasteiger partial charge in [-0.2, -0.15) is 0 Å². The first-order valence-electron chi connectivity index (χ1n) is 9.23. The topological polar surface area (TPSA) is 54.2 Å². The van der Waals surface area contributed by atoms with Gasteiger partial charge in [0.1, 0.15) is 5.84 Å². The smallest absolute Gasteiger partial charge is 0.141 e. The fraction of sp³-hybridized carbons (Fsp3) is 0.381. The summed E-state index contributed by atoms with van der Waals surface area (Å²) in [6.45, 7) is 2.32. The third-order valence-electron chi connectivity index (χ3n) is 5.58. The summed E-state index contributed by atoms with van der Waals surface area (Å²) in [5.41, 5.74) is 9.66. The van der Waals surface area contributed by atoms with Crippen LogP contribution in [0.2, 0.25) is 0 Å². The Hall–Kier alpha value is -2.07. The number of aromatic amines is 1. The molecule has 3 N–H and O–H groups in total. The monoisotopic (exact) mass is 351 g/mol. The van der Waals surface area contributed by atoms with Gasteiger partial charge in [-0.1, -0.05) is 25.5 Å². The van der Waals surface area contributed by atoms with Crippen molar-refractivity contribution in [3.8, 4) is 0 Å². The number of hydrogen-bond acceptors (Lipinski definition) is 2. The molecule has 4 rings (SSSR count). The van der Waals surface area contributed by atoms with Gasteiger partial charge in [-0.05, 0) is 66.7 Å². The minimum Gasteiger partial charge on any atom is -0.383 e. The quantitative estimate of drug-likeness (QED) is 0.443. The largest absolute Gasteiger partial charge is 0.383 e. The lowest BCUT2D eigenvalue weighted by molar-refractivity contribution is 0.319. The normalized spacial score (nSPS) is 21.7. The van der Waals surface area contributed by atoms with Gasteiger partial charge in [0.2, 0.25) is 0 Å². The molecule has 0 spiro atoms. The van der Waals surface area contributed by atoms with E-state index in [4.69, 9.17) is 5.73 Å². The molecule has 2 aromatic heterocycles. The first-order valence-corrected chi connectivity index (χ1v) is 10.1. The highest BCUT2D eigenvalue weighted by atomic mass is 32.1. The average Bonchev–Trinajstić information content (AvgIpc) is 3.31. The maximum absolute atomic E-state index is 6.11. The van der Waals surface area contributed by atoms with Gasteiger partial charge in [0.05, 0.1) is 10.6 Å². The highest BCUT2D eigenvalue weighted by Gasteiger charge is 2.23. The third kappa shape index (κ3) is 3.36. The van der Waals surface area contributed by atoms with Crippen molar-refractivity contribution in [3.05, 3.63) is 52.3 Å². The van der Waals surface area contributed by atoms with Gasteiger partial charge < -0.3 is 10.7 Å². The van der Waals surface area contributed by atoms with Gasteiger partial charge in [0.15, 0.2) is 0 Å². The minimum atomic E-state index is 0.582. The van der Waals surface area contributed by atoms with Crippen molar-refractivity contribution in [2.24, 2.45) is 16.6 Å². The molecule has 0 bridgehead atoms. The van der Waals surface area contributed by atoms with Crippen molar-refractivity contribution in [1.29, 1.82) is 0 Å². The predicted octanol–water partition coefficient (Wildman–Crippen LogP) is 5.95. The number of thiophene rings is 1. The van der Waals surface area contributed by atoms with Crippen LogP contribution in [-0.2, 0) is 0 Å². The maximum atomic E-state index is 6.11. The number of benzene rings is 1. The van der Waals surface area contributed by atoms with Crippen molar-refractivity contribution in [3.63, 3.8) is 0 Å². The number of aliphatic imine (C=N–C) groups is 1. The summed E-state index contributed by atoms with van der Waals surface area (Å²) >= 11 is 1.62. The van der Waals surface area contributed by atoms with Gasteiger partial charge in [-0.25, -0.2) is 4.99 Å². The number of hydrogen-bond donors (Lipinski definition) is 2. The molecule has 0 atom stereocenters. The Bertz CT molecular complexity index is 868. The maximum Gasteiger partial charge on any atom is 0.141 e. The zero-order valence-corrected chi connectivity index (χ0v) is 15.5. The number of fused-ring (bicyclic) bond motifs is 1. The lowest BCUT2D eigenvalue weighted by atomic mass is 9.78. The molecule has 4 heteroatoms. The van der Waals surface area contributed by atoms with Gasteiger partial charge in [0, 0.05) is 17.1 Å². The number of rotatable bonds is 4. The van der Waals surface area contributed by atoms with Crippen LogP contribution in [0.25, 0.3) is 10.9 Å². The Balaban J connectivity index is 1.58. The van der Waals surface area contributed by atoms with Crippen molar-refractivity contribution in [2.45, 2.75) is 44.9 Å². The number of nitrogens with zero attached hydrogens (tertiary/aromatic N) is 1. The number of nitrogens with one attached hydrogen (secondary N) is 1. The van der Waals surface area contributed by atoms with Crippen LogP contribution in [0.4, 0.5) is 5.69 Å². The van der Waals surface area contributed by atoms with E-state index in [1.54, 1.807) is 11.3 Å². The standard InChI is InChI=1S/C21H25N3S/c1-2-14-5-7-15(8-6-14)18-13-23-19-12-16(9-10-17(18)19)24-21(22)20-4-3-11-25-20/h3-4,9-15,23H,2,5-8H2,1H3,(H2,22,24). The molecule has 3 aromatic rings. The highest BCUT2D eigenvalue weighted by molar-refractivity contribution is 7.12. The second-order valence-corrected chi connectivity index (χ2v) is 8.02. The van der Waals surface area contributed by atoms with Gasteiger partial charge >= 0.3 is 0 Å². The summed E-state index contributed by atoms with van der Waals surface area (Å²) in [4.78, 5) is 9.04. The van der Waals surface area contributed by atoms with E-state index >= 15 is 0 Å². The second-order valence-electron chi connectivity index (χ2n) is 7.07. The molecule has 2 heterocycles. The van der Waals surface area contributed by atoms with Crippen molar-refractivity contribution >= 4 is 33.8 Å². The van der Waals surface area contributed by atoms with E-state index in [0.29, 0.717) is 11.8 Å². The predicted molar refractivity (Wildman–Crippen MR) is 108 cm³/mol. The summed E-state index contributed by atoms with van der Waals surface area (Å²) in [6, 6.07) is 10.4.